The van der Waals surface area contributed by atoms with Crippen LogP contribution in [0.25, 0.3) is 0 Å². The average molecular weight is 1100 g/mol. The summed E-state index contributed by atoms with van der Waals surface area (Å²) in [4.78, 5) is 38.4. The lowest BCUT2D eigenvalue weighted by atomic mass is 10.0. The summed E-state index contributed by atoms with van der Waals surface area (Å²) in [7, 11) is 0. The maximum Gasteiger partial charge on any atom is 0.306 e. The zero-order valence-corrected chi connectivity index (χ0v) is 52.7. The molecule has 0 heterocycles. The maximum atomic E-state index is 12.9. The number of hydrogen-bond acceptors (Lipinski definition) is 6. The van der Waals surface area contributed by atoms with Crippen molar-refractivity contribution in [3.05, 3.63) is 36.5 Å². The fraction of sp³-hybridized carbons (Fsp3) is 0.875. The third-order valence-electron chi connectivity index (χ3n) is 15.9. The minimum Gasteiger partial charge on any atom is -0.462 e. The first-order valence-corrected chi connectivity index (χ1v) is 35.0. The quantitative estimate of drug-likeness (QED) is 0.0261. The van der Waals surface area contributed by atoms with Crippen molar-refractivity contribution in [2.24, 2.45) is 0 Å². The molecule has 0 aromatic rings. The lowest BCUT2D eigenvalue weighted by Gasteiger charge is -2.18. The number of carbonyl (C=O) groups is 3. The highest BCUT2D eigenvalue weighted by Gasteiger charge is 2.19. The smallest absolute Gasteiger partial charge is 0.306 e. The second-order valence-corrected chi connectivity index (χ2v) is 23.8. The molecule has 0 spiro atoms. The van der Waals surface area contributed by atoms with Gasteiger partial charge in [0.05, 0.1) is 0 Å². The number of unbranched alkanes of at least 4 members (excludes halogenated alkanes) is 48. The topological polar surface area (TPSA) is 78.9 Å². The van der Waals surface area contributed by atoms with Crippen molar-refractivity contribution < 1.29 is 28.6 Å². The van der Waals surface area contributed by atoms with Crippen molar-refractivity contribution >= 4 is 17.9 Å². The van der Waals surface area contributed by atoms with E-state index >= 15 is 0 Å². The number of esters is 3. The minimum absolute atomic E-state index is 0.0758. The largest absolute Gasteiger partial charge is 0.462 e. The monoisotopic (exact) mass is 1100 g/mol. The van der Waals surface area contributed by atoms with Gasteiger partial charge in [-0.3, -0.25) is 14.4 Å². The van der Waals surface area contributed by atoms with Crippen molar-refractivity contribution in [2.75, 3.05) is 13.2 Å². The molecule has 1 unspecified atom stereocenters. The molecule has 0 N–H and O–H groups in total. The fourth-order valence-corrected chi connectivity index (χ4v) is 10.7. The SMILES string of the molecule is CC/C=C\C/C=C\C/C=C\CCCCCC(=O)OCC(COC(=O)CCCCCCCCCCCCCCCCCCCCCCCCCCCC)OC(=O)CCCCCCCCCCCCCCCCCCCCCCC. The van der Waals surface area contributed by atoms with Crippen LogP contribution < -0.4 is 0 Å². The van der Waals surface area contributed by atoms with Gasteiger partial charge in [-0.25, -0.2) is 0 Å². The molecule has 0 saturated carbocycles. The molecule has 0 radical (unpaired) electrons. The van der Waals surface area contributed by atoms with Crippen molar-refractivity contribution in [1.82, 2.24) is 0 Å². The van der Waals surface area contributed by atoms with Crippen LogP contribution in [0.2, 0.25) is 0 Å². The summed E-state index contributed by atoms with van der Waals surface area (Å²) in [6, 6.07) is 0. The summed E-state index contributed by atoms with van der Waals surface area (Å²) in [6.45, 7) is 6.58. The molecule has 458 valence electrons. The van der Waals surface area contributed by atoms with Crippen molar-refractivity contribution in [2.45, 2.75) is 393 Å². The molecular formula is C72H134O6. The van der Waals surface area contributed by atoms with Gasteiger partial charge >= 0.3 is 17.9 Å². The molecule has 0 aliphatic heterocycles. The highest BCUT2D eigenvalue weighted by atomic mass is 16.6. The Morgan fingerprint density at radius 1 is 0.269 bits per heavy atom. The van der Waals surface area contributed by atoms with Crippen LogP contribution in [0, 0.1) is 0 Å². The average Bonchev–Trinajstić information content (AvgIpc) is 3.44. The van der Waals surface area contributed by atoms with E-state index in [0.717, 1.165) is 83.5 Å². The summed E-state index contributed by atoms with van der Waals surface area (Å²) in [5.41, 5.74) is 0. The summed E-state index contributed by atoms with van der Waals surface area (Å²) in [5, 5.41) is 0. The molecule has 0 aromatic heterocycles. The molecule has 0 amide bonds. The third-order valence-corrected chi connectivity index (χ3v) is 15.9. The summed E-state index contributed by atoms with van der Waals surface area (Å²) in [6.07, 6.45) is 83.3. The van der Waals surface area contributed by atoms with Crippen LogP contribution in [0.4, 0.5) is 0 Å². The minimum atomic E-state index is -0.781. The van der Waals surface area contributed by atoms with E-state index in [-0.39, 0.29) is 31.1 Å². The molecule has 0 bridgehead atoms. The molecule has 78 heavy (non-hydrogen) atoms. The Hall–Kier alpha value is -2.37. The van der Waals surface area contributed by atoms with Crippen molar-refractivity contribution in [1.29, 1.82) is 0 Å². The Morgan fingerprint density at radius 2 is 0.500 bits per heavy atom. The van der Waals surface area contributed by atoms with E-state index in [1.54, 1.807) is 0 Å². The number of allylic oxidation sites excluding steroid dienone is 6. The first kappa shape index (κ1) is 75.6. The van der Waals surface area contributed by atoms with Gasteiger partial charge in [0.2, 0.25) is 0 Å². The van der Waals surface area contributed by atoms with E-state index in [1.807, 2.05) is 0 Å². The summed E-state index contributed by atoms with van der Waals surface area (Å²) in [5.74, 6) is -0.877. The van der Waals surface area contributed by atoms with Gasteiger partial charge in [-0.15, -0.1) is 0 Å². The molecule has 0 aliphatic carbocycles. The lowest BCUT2D eigenvalue weighted by molar-refractivity contribution is -0.167. The Balaban J connectivity index is 4.21. The Bertz CT molecular complexity index is 1300. The second kappa shape index (κ2) is 67.1. The maximum absolute atomic E-state index is 12.9. The van der Waals surface area contributed by atoms with E-state index < -0.39 is 6.10 Å². The summed E-state index contributed by atoms with van der Waals surface area (Å²) < 4.78 is 17.0. The Morgan fingerprint density at radius 3 is 0.782 bits per heavy atom. The predicted octanol–water partition coefficient (Wildman–Crippen LogP) is 23.9. The molecule has 6 nitrogen and oxygen atoms in total. The summed E-state index contributed by atoms with van der Waals surface area (Å²) >= 11 is 0. The van der Waals surface area contributed by atoms with E-state index in [1.165, 1.54) is 263 Å². The van der Waals surface area contributed by atoms with Gasteiger partial charge in [-0.05, 0) is 51.4 Å². The van der Waals surface area contributed by atoms with Gasteiger partial charge in [-0.1, -0.05) is 353 Å². The van der Waals surface area contributed by atoms with Gasteiger partial charge < -0.3 is 14.2 Å². The molecule has 0 aliphatic rings. The molecule has 0 aromatic carbocycles. The number of carbonyl (C=O) groups excluding carboxylic acids is 3. The standard InChI is InChI=1S/C72H134O6/c1-4-7-10-13-16-19-22-25-27-29-31-33-34-35-36-37-39-40-42-44-47-50-53-56-59-62-65-71(74)77-68-69(67-76-70(73)64-61-58-55-52-49-46-24-21-18-15-12-9-6-3)78-72(75)66-63-60-57-54-51-48-45-43-41-38-32-30-28-26-23-20-17-14-11-8-5-2/h9,12,18,21,46,49,69H,4-8,10-11,13-17,19-20,22-45,47-48,50-68H2,1-3H3/b12-9-,21-18-,49-46-. The molecular weight excluding hydrogens is 961 g/mol. The van der Waals surface area contributed by atoms with Crippen LogP contribution in [0.1, 0.15) is 387 Å². The van der Waals surface area contributed by atoms with Crippen molar-refractivity contribution in [3.63, 3.8) is 0 Å². The van der Waals surface area contributed by atoms with E-state index in [0.29, 0.717) is 19.3 Å². The number of ether oxygens (including phenoxy) is 3. The van der Waals surface area contributed by atoms with Crippen molar-refractivity contribution in [3.8, 4) is 0 Å². The van der Waals surface area contributed by atoms with E-state index in [9.17, 15) is 14.4 Å². The molecule has 1 atom stereocenters. The Labute approximate surface area is 486 Å². The second-order valence-electron chi connectivity index (χ2n) is 23.8. The zero-order chi connectivity index (χ0) is 56.4. The third kappa shape index (κ3) is 64.5. The van der Waals surface area contributed by atoms with Crippen LogP contribution in [0.15, 0.2) is 36.5 Å². The molecule has 0 rings (SSSR count). The van der Waals surface area contributed by atoms with Crippen LogP contribution in [-0.4, -0.2) is 37.2 Å². The van der Waals surface area contributed by atoms with E-state index in [2.05, 4.69) is 57.2 Å². The molecule has 0 saturated heterocycles. The van der Waals surface area contributed by atoms with Gasteiger partial charge in [-0.2, -0.15) is 0 Å². The first-order chi connectivity index (χ1) is 38.5. The number of rotatable bonds is 65. The van der Waals surface area contributed by atoms with Gasteiger partial charge in [0.25, 0.3) is 0 Å². The van der Waals surface area contributed by atoms with Crippen LogP contribution >= 0.6 is 0 Å². The number of hydrogen-bond donors (Lipinski definition) is 0. The lowest BCUT2D eigenvalue weighted by Crippen LogP contribution is -2.30. The Kier molecular flexibility index (Phi) is 65.1. The first-order valence-electron chi connectivity index (χ1n) is 35.0. The van der Waals surface area contributed by atoms with Crippen LogP contribution in [0.3, 0.4) is 0 Å². The van der Waals surface area contributed by atoms with Gasteiger partial charge in [0, 0.05) is 19.3 Å². The zero-order valence-electron chi connectivity index (χ0n) is 52.7. The van der Waals surface area contributed by atoms with Crippen LogP contribution in [0.5, 0.6) is 0 Å². The normalized spacial score (nSPS) is 12.2. The van der Waals surface area contributed by atoms with Crippen LogP contribution in [-0.2, 0) is 28.6 Å². The molecule has 6 heteroatoms. The highest BCUT2D eigenvalue weighted by molar-refractivity contribution is 5.71. The predicted molar refractivity (Wildman–Crippen MR) is 339 cm³/mol. The highest BCUT2D eigenvalue weighted by Crippen LogP contribution is 2.19. The fourth-order valence-electron chi connectivity index (χ4n) is 10.7. The van der Waals surface area contributed by atoms with Gasteiger partial charge in [0.1, 0.15) is 13.2 Å². The van der Waals surface area contributed by atoms with Gasteiger partial charge in [0.15, 0.2) is 6.10 Å². The molecule has 0 fully saturated rings. The van der Waals surface area contributed by atoms with E-state index in [4.69, 9.17) is 14.2 Å².